The standard InChI is InChI=1S/C16H23BrN2O/c1-11(12-6-5-7-13(17)10-12)19-16(20)14-8-3-2-4-9-15(14)18/h5-7,10-11,14-15H,2-4,8-9,18H2,1H3,(H,19,20)/t11-,14?,15?/m0/s1. The van der Waals surface area contributed by atoms with Crippen molar-refractivity contribution in [2.45, 2.75) is 51.1 Å². The minimum absolute atomic E-state index is 0.00668. The average Bonchev–Trinajstić information content (AvgIpc) is 2.63. The number of nitrogens with two attached hydrogens (primary N) is 1. The number of amides is 1. The van der Waals surface area contributed by atoms with E-state index in [0.717, 1.165) is 35.7 Å². The molecule has 2 rings (SSSR count). The van der Waals surface area contributed by atoms with Gasteiger partial charge in [0.2, 0.25) is 5.91 Å². The fraction of sp³-hybridized carbons (Fsp3) is 0.562. The summed E-state index contributed by atoms with van der Waals surface area (Å²) in [7, 11) is 0. The van der Waals surface area contributed by atoms with Crippen LogP contribution in [0.25, 0.3) is 0 Å². The summed E-state index contributed by atoms with van der Waals surface area (Å²) in [6.45, 7) is 2.02. The second-order valence-electron chi connectivity index (χ2n) is 5.69. The Morgan fingerprint density at radius 3 is 2.85 bits per heavy atom. The normalized spacial score (nSPS) is 24.8. The van der Waals surface area contributed by atoms with Gasteiger partial charge in [-0.2, -0.15) is 0 Å². The molecule has 3 atom stereocenters. The van der Waals surface area contributed by atoms with Crippen molar-refractivity contribution in [2.75, 3.05) is 0 Å². The highest BCUT2D eigenvalue weighted by atomic mass is 79.9. The van der Waals surface area contributed by atoms with Crippen molar-refractivity contribution in [1.29, 1.82) is 0 Å². The maximum absolute atomic E-state index is 12.4. The van der Waals surface area contributed by atoms with Crippen LogP contribution in [0.2, 0.25) is 0 Å². The summed E-state index contributed by atoms with van der Waals surface area (Å²) < 4.78 is 1.03. The molecule has 0 aromatic heterocycles. The predicted molar refractivity (Wildman–Crippen MR) is 85.3 cm³/mol. The molecule has 0 radical (unpaired) electrons. The summed E-state index contributed by atoms with van der Waals surface area (Å²) in [5, 5.41) is 3.11. The number of benzene rings is 1. The molecule has 2 unspecified atom stereocenters. The van der Waals surface area contributed by atoms with Crippen molar-refractivity contribution >= 4 is 21.8 Å². The topological polar surface area (TPSA) is 55.1 Å². The van der Waals surface area contributed by atoms with Gasteiger partial charge in [0, 0.05) is 10.5 Å². The molecule has 0 heterocycles. The Balaban J connectivity index is 1.99. The highest BCUT2D eigenvalue weighted by Gasteiger charge is 2.27. The van der Waals surface area contributed by atoms with Crippen LogP contribution in [0.4, 0.5) is 0 Å². The molecule has 1 aromatic carbocycles. The number of rotatable bonds is 3. The van der Waals surface area contributed by atoms with E-state index < -0.39 is 0 Å². The zero-order valence-corrected chi connectivity index (χ0v) is 13.5. The molecule has 1 aliphatic rings. The Bertz CT molecular complexity index is 464. The fourth-order valence-corrected chi connectivity index (χ4v) is 3.26. The Kier molecular flexibility index (Phi) is 5.61. The van der Waals surface area contributed by atoms with E-state index in [1.165, 1.54) is 6.42 Å². The number of carbonyl (C=O) groups excluding carboxylic acids is 1. The molecule has 110 valence electrons. The third-order valence-electron chi connectivity index (χ3n) is 4.11. The van der Waals surface area contributed by atoms with Gasteiger partial charge in [0.15, 0.2) is 0 Å². The van der Waals surface area contributed by atoms with Gasteiger partial charge in [-0.15, -0.1) is 0 Å². The molecule has 3 nitrogen and oxygen atoms in total. The van der Waals surface area contributed by atoms with Crippen LogP contribution in [0.3, 0.4) is 0 Å². The summed E-state index contributed by atoms with van der Waals surface area (Å²) in [5.74, 6) is 0.0685. The van der Waals surface area contributed by atoms with Crippen LogP contribution in [-0.2, 0) is 4.79 Å². The first-order valence-electron chi connectivity index (χ1n) is 7.39. The van der Waals surface area contributed by atoms with Gasteiger partial charge >= 0.3 is 0 Å². The molecule has 20 heavy (non-hydrogen) atoms. The van der Waals surface area contributed by atoms with E-state index in [0.29, 0.717) is 0 Å². The van der Waals surface area contributed by atoms with E-state index in [-0.39, 0.29) is 23.9 Å². The van der Waals surface area contributed by atoms with Crippen molar-refractivity contribution in [3.63, 3.8) is 0 Å². The van der Waals surface area contributed by atoms with Gasteiger partial charge in [0.25, 0.3) is 0 Å². The van der Waals surface area contributed by atoms with Crippen LogP contribution in [-0.4, -0.2) is 11.9 Å². The molecule has 4 heteroatoms. The molecular weight excluding hydrogens is 316 g/mol. The van der Waals surface area contributed by atoms with E-state index in [1.54, 1.807) is 0 Å². The van der Waals surface area contributed by atoms with E-state index in [9.17, 15) is 4.79 Å². The number of halogens is 1. The van der Waals surface area contributed by atoms with Gasteiger partial charge in [0.05, 0.1) is 12.0 Å². The Hall–Kier alpha value is -0.870. The zero-order chi connectivity index (χ0) is 14.5. The molecule has 1 aromatic rings. The van der Waals surface area contributed by atoms with Crippen LogP contribution in [0.1, 0.15) is 50.6 Å². The third kappa shape index (κ3) is 4.06. The van der Waals surface area contributed by atoms with Crippen molar-refractivity contribution in [1.82, 2.24) is 5.32 Å². The van der Waals surface area contributed by atoms with E-state index >= 15 is 0 Å². The van der Waals surface area contributed by atoms with Gasteiger partial charge in [-0.1, -0.05) is 47.3 Å². The lowest BCUT2D eigenvalue weighted by Crippen LogP contribution is -2.42. The number of carbonyl (C=O) groups is 1. The van der Waals surface area contributed by atoms with Gasteiger partial charge in [0.1, 0.15) is 0 Å². The highest BCUT2D eigenvalue weighted by molar-refractivity contribution is 9.10. The van der Waals surface area contributed by atoms with E-state index in [4.69, 9.17) is 5.73 Å². The van der Waals surface area contributed by atoms with Crippen LogP contribution in [0.15, 0.2) is 28.7 Å². The minimum atomic E-state index is -0.0351. The first kappa shape index (κ1) is 15.5. The maximum Gasteiger partial charge on any atom is 0.225 e. The molecule has 3 N–H and O–H groups in total. The number of hydrogen-bond donors (Lipinski definition) is 2. The summed E-state index contributed by atoms with van der Waals surface area (Å²) in [5.41, 5.74) is 7.26. The third-order valence-corrected chi connectivity index (χ3v) is 4.61. The molecule has 1 fully saturated rings. The van der Waals surface area contributed by atoms with Crippen LogP contribution in [0.5, 0.6) is 0 Å². The lowest BCUT2D eigenvalue weighted by Gasteiger charge is -2.23. The Labute approximate surface area is 129 Å². The lowest BCUT2D eigenvalue weighted by molar-refractivity contribution is -0.126. The Morgan fingerprint density at radius 2 is 2.10 bits per heavy atom. The smallest absolute Gasteiger partial charge is 0.225 e. The molecule has 0 bridgehead atoms. The van der Waals surface area contributed by atoms with Gasteiger partial charge in [-0.25, -0.2) is 0 Å². The SMILES string of the molecule is C[C@H](NC(=O)C1CCCCCC1N)c1cccc(Br)c1. The maximum atomic E-state index is 12.4. The van der Waals surface area contributed by atoms with Crippen molar-refractivity contribution < 1.29 is 4.79 Å². The molecule has 0 aliphatic heterocycles. The molecule has 1 amide bonds. The van der Waals surface area contributed by atoms with Gasteiger partial charge in [-0.05, 0) is 37.5 Å². The van der Waals surface area contributed by atoms with Gasteiger partial charge in [-0.3, -0.25) is 4.79 Å². The highest BCUT2D eigenvalue weighted by Crippen LogP contribution is 2.24. The number of nitrogens with one attached hydrogen (secondary N) is 1. The molecule has 1 aliphatic carbocycles. The average molecular weight is 339 g/mol. The molecule has 0 spiro atoms. The molecular formula is C16H23BrN2O. The summed E-state index contributed by atoms with van der Waals surface area (Å²) in [6, 6.07) is 8.06. The monoisotopic (exact) mass is 338 g/mol. The Morgan fingerprint density at radius 1 is 1.35 bits per heavy atom. The predicted octanol–water partition coefficient (Wildman–Crippen LogP) is 3.53. The van der Waals surface area contributed by atoms with E-state index in [1.807, 2.05) is 31.2 Å². The minimum Gasteiger partial charge on any atom is -0.349 e. The lowest BCUT2D eigenvalue weighted by atomic mass is 9.94. The summed E-state index contributed by atoms with van der Waals surface area (Å²) in [4.78, 5) is 12.4. The fourth-order valence-electron chi connectivity index (χ4n) is 2.84. The molecule has 1 saturated carbocycles. The largest absolute Gasteiger partial charge is 0.349 e. The quantitative estimate of drug-likeness (QED) is 0.828. The molecule has 0 saturated heterocycles. The van der Waals surface area contributed by atoms with Crippen LogP contribution in [0, 0.1) is 5.92 Å². The summed E-state index contributed by atoms with van der Waals surface area (Å²) in [6.07, 6.45) is 5.32. The number of hydrogen-bond acceptors (Lipinski definition) is 2. The first-order valence-corrected chi connectivity index (χ1v) is 8.18. The van der Waals surface area contributed by atoms with Gasteiger partial charge < -0.3 is 11.1 Å². The second kappa shape index (κ2) is 7.23. The van der Waals surface area contributed by atoms with Crippen molar-refractivity contribution in [2.24, 2.45) is 11.7 Å². The van der Waals surface area contributed by atoms with E-state index in [2.05, 4.69) is 21.2 Å². The van der Waals surface area contributed by atoms with Crippen molar-refractivity contribution in [3.8, 4) is 0 Å². The van der Waals surface area contributed by atoms with Crippen LogP contribution >= 0.6 is 15.9 Å². The van der Waals surface area contributed by atoms with Crippen LogP contribution < -0.4 is 11.1 Å². The second-order valence-corrected chi connectivity index (χ2v) is 6.61. The zero-order valence-electron chi connectivity index (χ0n) is 11.9. The first-order chi connectivity index (χ1) is 9.58. The van der Waals surface area contributed by atoms with Crippen molar-refractivity contribution in [3.05, 3.63) is 34.3 Å². The summed E-state index contributed by atoms with van der Waals surface area (Å²) >= 11 is 3.46.